The Balaban J connectivity index is 2.91. The van der Waals surface area contributed by atoms with Gasteiger partial charge in [0.15, 0.2) is 0 Å². The lowest BCUT2D eigenvalue weighted by Gasteiger charge is -2.29. The maximum absolute atomic E-state index is 13.8. The minimum atomic E-state index is -6.05. The molecule has 0 aromatic heterocycles. The van der Waals surface area contributed by atoms with Crippen molar-refractivity contribution in [3.8, 4) is 0 Å². The Morgan fingerprint density at radius 3 is 2.04 bits per heavy atom. The van der Waals surface area contributed by atoms with Crippen LogP contribution in [0.15, 0.2) is 42.0 Å². The average molecular weight is 360 g/mol. The molecule has 3 nitrogen and oxygen atoms in total. The lowest BCUT2D eigenvalue weighted by atomic mass is 10.1. The van der Waals surface area contributed by atoms with Crippen molar-refractivity contribution in [2.75, 3.05) is 0 Å². The summed E-state index contributed by atoms with van der Waals surface area (Å²) in [6.07, 6.45) is -12.0. The van der Waals surface area contributed by atoms with Crippen molar-refractivity contribution in [2.24, 2.45) is 0 Å². The molecule has 0 amide bonds. The number of alkyl halides is 7. The number of ether oxygens (including phenoxy) is 2. The van der Waals surface area contributed by atoms with Gasteiger partial charge in [-0.3, -0.25) is 0 Å². The van der Waals surface area contributed by atoms with Crippen molar-refractivity contribution < 1.29 is 45.0 Å². The van der Waals surface area contributed by atoms with Gasteiger partial charge in [-0.05, 0) is 12.5 Å². The van der Waals surface area contributed by atoms with Crippen molar-refractivity contribution in [2.45, 2.75) is 31.9 Å². The molecule has 0 fully saturated rings. The molecule has 1 aromatic rings. The van der Waals surface area contributed by atoms with Crippen molar-refractivity contribution >= 4 is 5.97 Å². The van der Waals surface area contributed by atoms with Crippen LogP contribution in [-0.4, -0.2) is 24.4 Å². The number of hydrogen-bond acceptors (Lipinski definition) is 3. The fraction of sp³-hybridized carbons (Fsp3) is 0.357. The Labute approximate surface area is 131 Å². The van der Waals surface area contributed by atoms with Gasteiger partial charge in [-0.15, -0.1) is 13.2 Å². The van der Waals surface area contributed by atoms with Crippen LogP contribution in [0.2, 0.25) is 0 Å². The highest BCUT2D eigenvalue weighted by molar-refractivity contribution is 5.83. The quantitative estimate of drug-likeness (QED) is 0.442. The second-order valence-electron chi connectivity index (χ2n) is 4.56. The van der Waals surface area contributed by atoms with Gasteiger partial charge in [0, 0.05) is 11.6 Å². The molecule has 0 aliphatic rings. The molecule has 0 N–H and O–H groups in total. The van der Waals surface area contributed by atoms with Crippen LogP contribution in [0.5, 0.6) is 0 Å². The van der Waals surface area contributed by atoms with E-state index < -0.39 is 29.9 Å². The van der Waals surface area contributed by atoms with E-state index in [9.17, 15) is 35.5 Å². The number of esters is 1. The molecule has 0 aliphatic carbocycles. The van der Waals surface area contributed by atoms with Gasteiger partial charge in [-0.25, -0.2) is 9.53 Å². The van der Waals surface area contributed by atoms with Gasteiger partial charge in [0.2, 0.25) is 0 Å². The molecule has 0 radical (unpaired) electrons. The topological polar surface area (TPSA) is 35.5 Å². The zero-order valence-corrected chi connectivity index (χ0v) is 12.0. The Morgan fingerprint density at radius 1 is 1.04 bits per heavy atom. The van der Waals surface area contributed by atoms with Gasteiger partial charge < -0.3 is 4.74 Å². The van der Waals surface area contributed by atoms with Gasteiger partial charge in [-0.2, -0.15) is 17.6 Å². The van der Waals surface area contributed by atoms with E-state index in [1.54, 1.807) is 18.2 Å². The first-order chi connectivity index (χ1) is 10.8. The Bertz CT molecular complexity index is 593. The maximum atomic E-state index is 13.8. The molecule has 1 aromatic carbocycles. The fourth-order valence-electron chi connectivity index (χ4n) is 1.56. The van der Waals surface area contributed by atoms with Gasteiger partial charge in [-0.1, -0.05) is 30.3 Å². The van der Waals surface area contributed by atoms with Crippen molar-refractivity contribution in [1.29, 1.82) is 0 Å². The van der Waals surface area contributed by atoms with E-state index >= 15 is 0 Å². The molecule has 24 heavy (non-hydrogen) atoms. The molecule has 10 heteroatoms. The molecule has 1 atom stereocenters. The normalized spacial score (nSPS) is 15.8. The summed E-state index contributed by atoms with van der Waals surface area (Å²) in [5.74, 6) is -6.65. The van der Waals surface area contributed by atoms with Gasteiger partial charge >= 0.3 is 24.4 Å². The van der Waals surface area contributed by atoms with Crippen LogP contribution in [0.3, 0.4) is 0 Å². The Morgan fingerprint density at radius 2 is 1.58 bits per heavy atom. The molecule has 0 heterocycles. The van der Waals surface area contributed by atoms with Crippen LogP contribution in [0.4, 0.5) is 30.7 Å². The summed E-state index contributed by atoms with van der Waals surface area (Å²) in [4.78, 5) is 11.4. The maximum Gasteiger partial charge on any atom is 0.525 e. The van der Waals surface area contributed by atoms with Crippen LogP contribution < -0.4 is 0 Å². The van der Waals surface area contributed by atoms with Gasteiger partial charge in [0.05, 0.1) is 0 Å². The van der Waals surface area contributed by atoms with Crippen molar-refractivity contribution in [3.63, 3.8) is 0 Å². The van der Waals surface area contributed by atoms with E-state index in [-0.39, 0.29) is 12.7 Å². The second-order valence-corrected chi connectivity index (χ2v) is 4.56. The van der Waals surface area contributed by atoms with Crippen molar-refractivity contribution in [1.82, 2.24) is 0 Å². The third-order valence-electron chi connectivity index (χ3n) is 2.69. The molecule has 1 unspecified atom stereocenters. The summed E-state index contributed by atoms with van der Waals surface area (Å²) in [6, 6.07) is 7.91. The van der Waals surface area contributed by atoms with E-state index in [4.69, 9.17) is 0 Å². The highest BCUT2D eigenvalue weighted by Crippen LogP contribution is 2.44. The molecule has 0 spiro atoms. The summed E-state index contributed by atoms with van der Waals surface area (Å²) in [5, 5.41) is 0. The van der Waals surface area contributed by atoms with Crippen LogP contribution in [0.25, 0.3) is 0 Å². The van der Waals surface area contributed by atoms with Crippen LogP contribution in [-0.2, 0) is 20.9 Å². The first-order valence-electron chi connectivity index (χ1n) is 6.27. The number of rotatable bonds is 5. The summed E-state index contributed by atoms with van der Waals surface area (Å²) in [7, 11) is 0. The van der Waals surface area contributed by atoms with Crippen LogP contribution >= 0.6 is 0 Å². The Kier molecular flexibility index (Phi) is 5.99. The van der Waals surface area contributed by atoms with E-state index in [0.29, 0.717) is 12.5 Å². The molecule has 0 saturated carbocycles. The largest absolute Gasteiger partial charge is 0.525 e. The third-order valence-corrected chi connectivity index (χ3v) is 2.69. The lowest BCUT2D eigenvalue weighted by molar-refractivity contribution is -0.435. The zero-order chi connectivity index (χ0) is 18.6. The summed E-state index contributed by atoms with van der Waals surface area (Å²) >= 11 is 0. The second kappa shape index (κ2) is 7.20. The molecular weight excluding hydrogens is 349 g/mol. The van der Waals surface area contributed by atoms with Crippen LogP contribution in [0, 0.1) is 0 Å². The van der Waals surface area contributed by atoms with Crippen LogP contribution in [0.1, 0.15) is 12.5 Å². The minimum Gasteiger partial charge on any atom is -0.458 e. The predicted molar refractivity (Wildman–Crippen MR) is 67.0 cm³/mol. The van der Waals surface area contributed by atoms with E-state index in [0.717, 1.165) is 0 Å². The smallest absolute Gasteiger partial charge is 0.458 e. The number of carbonyl (C=O) groups is 1. The molecule has 0 saturated heterocycles. The molecule has 134 valence electrons. The van der Waals surface area contributed by atoms with E-state index in [1.807, 2.05) is 0 Å². The summed E-state index contributed by atoms with van der Waals surface area (Å²) < 4.78 is 94.8. The van der Waals surface area contributed by atoms with E-state index in [2.05, 4.69) is 9.47 Å². The summed E-state index contributed by atoms with van der Waals surface area (Å²) in [6.45, 7) is -0.0160. The monoisotopic (exact) mass is 360 g/mol. The molecule has 0 bridgehead atoms. The lowest BCUT2D eigenvalue weighted by Crippen LogP contribution is -2.48. The molecular formula is C14H11F7O3. The third kappa shape index (κ3) is 5.52. The van der Waals surface area contributed by atoms with E-state index in [1.165, 1.54) is 12.1 Å². The highest BCUT2D eigenvalue weighted by Gasteiger charge is 2.63. The molecule has 1 rings (SSSR count). The highest BCUT2D eigenvalue weighted by atomic mass is 19.4. The SMILES string of the molecule is C/C(=C\C(=O)OCc1ccccc1)C(F)(OC(F)(F)F)C(F)(F)F. The first-order valence-corrected chi connectivity index (χ1v) is 6.27. The number of halogens is 7. The predicted octanol–water partition coefficient (Wildman–Crippen LogP) is 4.44. The zero-order valence-electron chi connectivity index (χ0n) is 12.0. The number of carbonyl (C=O) groups excluding carboxylic acids is 1. The van der Waals surface area contributed by atoms with Crippen molar-refractivity contribution in [3.05, 3.63) is 47.5 Å². The average Bonchev–Trinajstić information content (AvgIpc) is 2.43. The van der Waals surface area contributed by atoms with Gasteiger partial charge in [0.1, 0.15) is 6.61 Å². The minimum absolute atomic E-state index is 0.0395. The number of benzene rings is 1. The first kappa shape index (κ1) is 19.9. The molecule has 0 aliphatic heterocycles. The summed E-state index contributed by atoms with van der Waals surface area (Å²) in [5.41, 5.74) is -1.17. The number of hydrogen-bond donors (Lipinski definition) is 0. The van der Waals surface area contributed by atoms with Gasteiger partial charge in [0.25, 0.3) is 0 Å². The standard InChI is InChI=1S/C14H11F7O3/c1-9(12(15,13(16,17)18)24-14(19,20)21)7-11(22)23-8-10-5-3-2-4-6-10/h2-7H,8H2,1H3/b9-7+. The fourth-order valence-corrected chi connectivity index (χ4v) is 1.56. The Hall–Kier alpha value is -2.10.